The van der Waals surface area contributed by atoms with Gasteiger partial charge in [-0.15, -0.1) is 0 Å². The van der Waals surface area contributed by atoms with Crippen molar-refractivity contribution in [3.8, 4) is 0 Å². The standard InChI is InChI=1S/C12H9ClF2N2/c13-12-2-1-11(7-17-12)16-6-8-3-9(14)5-10(15)4-8/h1-5,7,16H,6H2. The van der Waals surface area contributed by atoms with Gasteiger partial charge in [-0.05, 0) is 29.8 Å². The first-order valence-electron chi connectivity index (χ1n) is 4.94. The molecular weight excluding hydrogens is 246 g/mol. The monoisotopic (exact) mass is 254 g/mol. The molecule has 0 aliphatic rings. The van der Waals surface area contributed by atoms with E-state index in [2.05, 4.69) is 10.3 Å². The molecule has 0 aliphatic heterocycles. The van der Waals surface area contributed by atoms with Crippen LogP contribution in [0.3, 0.4) is 0 Å². The summed E-state index contributed by atoms with van der Waals surface area (Å²) in [6.45, 7) is 0.317. The summed E-state index contributed by atoms with van der Waals surface area (Å²) in [6.07, 6.45) is 1.55. The lowest BCUT2D eigenvalue weighted by Crippen LogP contribution is -2.00. The summed E-state index contributed by atoms with van der Waals surface area (Å²) in [5, 5.41) is 3.38. The molecule has 1 N–H and O–H groups in total. The van der Waals surface area contributed by atoms with Gasteiger partial charge in [-0.1, -0.05) is 11.6 Å². The zero-order valence-electron chi connectivity index (χ0n) is 8.75. The van der Waals surface area contributed by atoms with Crippen molar-refractivity contribution >= 4 is 17.3 Å². The molecule has 0 unspecified atom stereocenters. The molecule has 0 saturated carbocycles. The maximum atomic E-state index is 12.9. The molecule has 0 bridgehead atoms. The lowest BCUT2D eigenvalue weighted by atomic mass is 10.2. The summed E-state index contributed by atoms with van der Waals surface area (Å²) in [4.78, 5) is 3.88. The van der Waals surface area contributed by atoms with Gasteiger partial charge in [0.1, 0.15) is 16.8 Å². The fourth-order valence-electron chi connectivity index (χ4n) is 1.40. The van der Waals surface area contributed by atoms with Crippen LogP contribution in [0.2, 0.25) is 5.15 Å². The summed E-state index contributed by atoms with van der Waals surface area (Å²) >= 11 is 5.63. The SMILES string of the molecule is Fc1cc(F)cc(CNc2ccc(Cl)nc2)c1. The van der Waals surface area contributed by atoms with Gasteiger partial charge in [0.15, 0.2) is 0 Å². The number of nitrogens with zero attached hydrogens (tertiary/aromatic N) is 1. The minimum atomic E-state index is -0.587. The zero-order valence-corrected chi connectivity index (χ0v) is 9.51. The van der Waals surface area contributed by atoms with Crippen LogP contribution in [-0.2, 0) is 6.54 Å². The number of hydrogen-bond acceptors (Lipinski definition) is 2. The third kappa shape index (κ3) is 3.39. The molecule has 17 heavy (non-hydrogen) atoms. The van der Waals surface area contributed by atoms with Gasteiger partial charge in [0.05, 0.1) is 11.9 Å². The lowest BCUT2D eigenvalue weighted by molar-refractivity contribution is 0.580. The van der Waals surface area contributed by atoms with E-state index in [0.29, 0.717) is 17.3 Å². The Balaban J connectivity index is 2.04. The highest BCUT2D eigenvalue weighted by Gasteiger charge is 2.00. The van der Waals surface area contributed by atoms with E-state index in [9.17, 15) is 8.78 Å². The fraction of sp³-hybridized carbons (Fsp3) is 0.0833. The normalized spacial score (nSPS) is 10.3. The first-order chi connectivity index (χ1) is 8.13. The molecule has 0 radical (unpaired) electrons. The number of rotatable bonds is 3. The highest BCUT2D eigenvalue weighted by molar-refractivity contribution is 6.29. The number of anilines is 1. The first kappa shape index (κ1) is 11.8. The average Bonchev–Trinajstić information content (AvgIpc) is 2.27. The van der Waals surface area contributed by atoms with Crippen LogP contribution < -0.4 is 5.32 Å². The Hall–Kier alpha value is -1.68. The number of nitrogens with one attached hydrogen (secondary N) is 1. The minimum absolute atomic E-state index is 0.317. The third-order valence-corrected chi connectivity index (χ3v) is 2.37. The number of pyridine rings is 1. The number of aromatic nitrogens is 1. The summed E-state index contributed by atoms with van der Waals surface area (Å²) in [6, 6.07) is 6.77. The van der Waals surface area contributed by atoms with Crippen molar-refractivity contribution in [2.45, 2.75) is 6.54 Å². The van der Waals surface area contributed by atoms with Gasteiger partial charge in [0.2, 0.25) is 0 Å². The summed E-state index contributed by atoms with van der Waals surface area (Å²) < 4.78 is 25.8. The van der Waals surface area contributed by atoms with E-state index in [1.165, 1.54) is 12.1 Å². The van der Waals surface area contributed by atoms with Crippen LogP contribution in [0.5, 0.6) is 0 Å². The van der Waals surface area contributed by atoms with Crippen molar-refractivity contribution in [3.05, 3.63) is 58.9 Å². The zero-order chi connectivity index (χ0) is 12.3. The summed E-state index contributed by atoms with van der Waals surface area (Å²) in [5.41, 5.74) is 1.26. The molecule has 1 aromatic carbocycles. The second-order valence-corrected chi connectivity index (χ2v) is 3.89. The smallest absolute Gasteiger partial charge is 0.129 e. The fourth-order valence-corrected chi connectivity index (χ4v) is 1.51. The average molecular weight is 255 g/mol. The van der Waals surface area contributed by atoms with Crippen LogP contribution in [0.25, 0.3) is 0 Å². The molecular formula is C12H9ClF2N2. The van der Waals surface area contributed by atoms with E-state index in [4.69, 9.17) is 11.6 Å². The maximum absolute atomic E-state index is 12.9. The van der Waals surface area contributed by atoms with Gasteiger partial charge in [-0.2, -0.15) is 0 Å². The molecule has 88 valence electrons. The molecule has 0 saturated heterocycles. The molecule has 1 heterocycles. The van der Waals surface area contributed by atoms with Gasteiger partial charge in [0.25, 0.3) is 0 Å². The topological polar surface area (TPSA) is 24.9 Å². The Morgan fingerprint density at radius 3 is 2.41 bits per heavy atom. The van der Waals surface area contributed by atoms with E-state index in [0.717, 1.165) is 11.8 Å². The molecule has 0 atom stereocenters. The van der Waals surface area contributed by atoms with E-state index in [1.807, 2.05) is 0 Å². The van der Waals surface area contributed by atoms with Crippen LogP contribution in [0.1, 0.15) is 5.56 Å². The van der Waals surface area contributed by atoms with E-state index >= 15 is 0 Å². The van der Waals surface area contributed by atoms with E-state index in [-0.39, 0.29) is 0 Å². The van der Waals surface area contributed by atoms with Gasteiger partial charge in [-0.3, -0.25) is 0 Å². The van der Waals surface area contributed by atoms with E-state index in [1.54, 1.807) is 18.3 Å². The van der Waals surface area contributed by atoms with Crippen molar-refractivity contribution in [2.24, 2.45) is 0 Å². The minimum Gasteiger partial charge on any atom is -0.380 e. The molecule has 1 aromatic heterocycles. The van der Waals surface area contributed by atoms with E-state index < -0.39 is 11.6 Å². The molecule has 2 rings (SSSR count). The quantitative estimate of drug-likeness (QED) is 0.846. The van der Waals surface area contributed by atoms with Crippen molar-refractivity contribution in [1.82, 2.24) is 4.98 Å². The van der Waals surface area contributed by atoms with Gasteiger partial charge in [-0.25, -0.2) is 13.8 Å². The maximum Gasteiger partial charge on any atom is 0.129 e. The molecule has 0 aliphatic carbocycles. The highest BCUT2D eigenvalue weighted by Crippen LogP contribution is 2.13. The van der Waals surface area contributed by atoms with Crippen molar-refractivity contribution in [3.63, 3.8) is 0 Å². The van der Waals surface area contributed by atoms with Crippen LogP contribution in [-0.4, -0.2) is 4.98 Å². The Morgan fingerprint density at radius 2 is 1.82 bits per heavy atom. The largest absolute Gasteiger partial charge is 0.380 e. The highest BCUT2D eigenvalue weighted by atomic mass is 35.5. The van der Waals surface area contributed by atoms with Gasteiger partial charge >= 0.3 is 0 Å². The second-order valence-electron chi connectivity index (χ2n) is 3.50. The Labute approximate surface area is 102 Å². The summed E-state index contributed by atoms with van der Waals surface area (Å²) in [7, 11) is 0. The molecule has 0 amide bonds. The van der Waals surface area contributed by atoms with Crippen molar-refractivity contribution in [2.75, 3.05) is 5.32 Å². The predicted octanol–water partition coefficient (Wildman–Crippen LogP) is 3.63. The van der Waals surface area contributed by atoms with Crippen LogP contribution in [0.15, 0.2) is 36.5 Å². The van der Waals surface area contributed by atoms with Crippen molar-refractivity contribution < 1.29 is 8.78 Å². The summed E-state index contributed by atoms with van der Waals surface area (Å²) in [5.74, 6) is -1.17. The first-order valence-corrected chi connectivity index (χ1v) is 5.32. The molecule has 0 spiro atoms. The van der Waals surface area contributed by atoms with Gasteiger partial charge < -0.3 is 5.32 Å². The Bertz CT molecular complexity index is 494. The Morgan fingerprint density at radius 1 is 1.12 bits per heavy atom. The molecule has 2 nitrogen and oxygen atoms in total. The molecule has 5 heteroatoms. The molecule has 0 fully saturated rings. The molecule has 2 aromatic rings. The lowest BCUT2D eigenvalue weighted by Gasteiger charge is -2.06. The third-order valence-electron chi connectivity index (χ3n) is 2.15. The Kier molecular flexibility index (Phi) is 3.54. The van der Waals surface area contributed by atoms with Gasteiger partial charge in [0, 0.05) is 12.6 Å². The van der Waals surface area contributed by atoms with Crippen molar-refractivity contribution in [1.29, 1.82) is 0 Å². The number of halogens is 3. The number of hydrogen-bond donors (Lipinski definition) is 1. The van der Waals surface area contributed by atoms with Crippen LogP contribution >= 0.6 is 11.6 Å². The number of benzene rings is 1. The predicted molar refractivity (Wildman–Crippen MR) is 62.9 cm³/mol. The van der Waals surface area contributed by atoms with Crippen LogP contribution in [0.4, 0.5) is 14.5 Å². The van der Waals surface area contributed by atoms with Crippen LogP contribution in [0, 0.1) is 11.6 Å². The second kappa shape index (κ2) is 5.10.